The third-order valence-electron chi connectivity index (χ3n) is 2.77. The predicted octanol–water partition coefficient (Wildman–Crippen LogP) is 3.39. The number of para-hydroxylation sites is 1. The highest BCUT2D eigenvalue weighted by molar-refractivity contribution is 7.92. The van der Waals surface area contributed by atoms with E-state index in [4.69, 9.17) is 28.9 Å². The van der Waals surface area contributed by atoms with Crippen molar-refractivity contribution in [2.75, 3.05) is 4.72 Å². The van der Waals surface area contributed by atoms with Crippen LogP contribution in [0.5, 0.6) is 0 Å². The van der Waals surface area contributed by atoms with Gasteiger partial charge >= 0.3 is 0 Å². The number of rotatable bonds is 4. The monoisotopic (exact) mass is 348 g/mol. The average Bonchev–Trinajstić information content (AvgIpc) is 2.44. The molecule has 4 nitrogen and oxygen atoms in total. The van der Waals surface area contributed by atoms with Gasteiger partial charge in [-0.2, -0.15) is 0 Å². The smallest absolute Gasteiger partial charge is 0.263 e. The number of nitrogens with two attached hydrogens (primary N) is 1. The van der Waals surface area contributed by atoms with Crippen molar-refractivity contribution >= 4 is 38.9 Å². The molecule has 0 atom stereocenters. The van der Waals surface area contributed by atoms with Crippen LogP contribution in [0, 0.1) is 5.82 Å². The lowest BCUT2D eigenvalue weighted by Gasteiger charge is -2.13. The molecule has 0 aliphatic heterocycles. The second-order valence-electron chi connectivity index (χ2n) is 4.14. The van der Waals surface area contributed by atoms with E-state index in [1.54, 1.807) is 24.3 Å². The van der Waals surface area contributed by atoms with Crippen LogP contribution in [0.4, 0.5) is 10.1 Å². The van der Waals surface area contributed by atoms with Crippen molar-refractivity contribution in [1.29, 1.82) is 0 Å². The van der Waals surface area contributed by atoms with Crippen molar-refractivity contribution in [3.8, 4) is 0 Å². The molecule has 0 amide bonds. The Hall–Kier alpha value is -1.34. The number of sulfonamides is 1. The molecule has 112 valence electrons. The lowest BCUT2D eigenvalue weighted by molar-refractivity contribution is 0.595. The van der Waals surface area contributed by atoms with E-state index < -0.39 is 25.8 Å². The summed E-state index contributed by atoms with van der Waals surface area (Å²) in [5.74, 6) is -0.978. The Morgan fingerprint density at radius 3 is 2.48 bits per heavy atom. The second kappa shape index (κ2) is 6.19. The molecule has 2 aromatic carbocycles. The molecule has 8 heteroatoms. The van der Waals surface area contributed by atoms with Gasteiger partial charge in [0.15, 0.2) is 5.82 Å². The molecule has 0 saturated carbocycles. The van der Waals surface area contributed by atoms with Crippen LogP contribution in [0.2, 0.25) is 10.0 Å². The summed E-state index contributed by atoms with van der Waals surface area (Å²) >= 11 is 11.3. The molecule has 0 aromatic heterocycles. The van der Waals surface area contributed by atoms with Crippen LogP contribution >= 0.6 is 23.2 Å². The van der Waals surface area contributed by atoms with Gasteiger partial charge < -0.3 is 5.73 Å². The van der Waals surface area contributed by atoms with Gasteiger partial charge in [-0.3, -0.25) is 4.72 Å². The molecule has 21 heavy (non-hydrogen) atoms. The molecule has 0 heterocycles. The minimum Gasteiger partial charge on any atom is -0.326 e. The van der Waals surface area contributed by atoms with Gasteiger partial charge in [-0.25, -0.2) is 12.8 Å². The Balaban J connectivity index is 2.46. The normalized spacial score (nSPS) is 11.4. The first-order valence-corrected chi connectivity index (χ1v) is 8.05. The highest BCUT2D eigenvalue weighted by Crippen LogP contribution is 2.31. The number of hydrogen-bond acceptors (Lipinski definition) is 3. The van der Waals surface area contributed by atoms with Crippen LogP contribution in [-0.4, -0.2) is 8.42 Å². The Bertz CT molecular complexity index is 782. The fourth-order valence-electron chi connectivity index (χ4n) is 1.71. The molecule has 0 aliphatic rings. The molecular weight excluding hydrogens is 338 g/mol. The van der Waals surface area contributed by atoms with E-state index in [1.165, 1.54) is 0 Å². The summed E-state index contributed by atoms with van der Waals surface area (Å²) in [5.41, 5.74) is 6.46. The zero-order chi connectivity index (χ0) is 15.6. The predicted molar refractivity (Wildman–Crippen MR) is 81.6 cm³/mol. The molecule has 0 aliphatic carbocycles. The van der Waals surface area contributed by atoms with E-state index in [-0.39, 0.29) is 11.6 Å². The summed E-state index contributed by atoms with van der Waals surface area (Å²) in [5, 5.41) is -0.804. The maximum atomic E-state index is 13.6. The SMILES string of the molecule is NCc1ccccc1NS(=O)(=O)c1ccc(Cl)c(F)c1Cl. The number of nitrogens with one attached hydrogen (secondary N) is 1. The summed E-state index contributed by atoms with van der Waals surface area (Å²) in [6, 6.07) is 8.89. The largest absolute Gasteiger partial charge is 0.326 e. The van der Waals surface area contributed by atoms with Crippen LogP contribution in [0.15, 0.2) is 41.3 Å². The first-order valence-electron chi connectivity index (χ1n) is 5.81. The molecular formula is C13H11Cl2FN2O2S. The number of hydrogen-bond donors (Lipinski definition) is 2. The summed E-state index contributed by atoms with van der Waals surface area (Å²) in [6.07, 6.45) is 0. The van der Waals surface area contributed by atoms with Crippen molar-refractivity contribution in [1.82, 2.24) is 0 Å². The minimum absolute atomic E-state index is 0.154. The lowest BCUT2D eigenvalue weighted by Crippen LogP contribution is -2.16. The molecule has 0 bridgehead atoms. The van der Waals surface area contributed by atoms with Gasteiger partial charge in [0, 0.05) is 6.54 Å². The summed E-state index contributed by atoms with van der Waals surface area (Å²) in [4.78, 5) is -0.391. The molecule has 2 aromatic rings. The summed E-state index contributed by atoms with van der Waals surface area (Å²) < 4.78 is 40.6. The fraction of sp³-hybridized carbons (Fsp3) is 0.0769. The van der Waals surface area contributed by atoms with Gasteiger partial charge in [0.1, 0.15) is 4.90 Å². The van der Waals surface area contributed by atoms with Gasteiger partial charge in [-0.1, -0.05) is 41.4 Å². The van der Waals surface area contributed by atoms with E-state index in [1.807, 2.05) is 0 Å². The lowest BCUT2D eigenvalue weighted by atomic mass is 10.2. The number of benzene rings is 2. The van der Waals surface area contributed by atoms with Crippen LogP contribution in [-0.2, 0) is 16.6 Å². The van der Waals surface area contributed by atoms with E-state index in [0.29, 0.717) is 11.3 Å². The molecule has 2 rings (SSSR count). The van der Waals surface area contributed by atoms with Crippen molar-refractivity contribution in [2.24, 2.45) is 5.73 Å². The summed E-state index contributed by atoms with van der Waals surface area (Å²) in [6.45, 7) is 0.154. The van der Waals surface area contributed by atoms with Gasteiger partial charge in [0.25, 0.3) is 10.0 Å². The highest BCUT2D eigenvalue weighted by atomic mass is 35.5. The average molecular weight is 349 g/mol. The van der Waals surface area contributed by atoms with E-state index >= 15 is 0 Å². The Morgan fingerprint density at radius 2 is 1.81 bits per heavy atom. The highest BCUT2D eigenvalue weighted by Gasteiger charge is 2.22. The van der Waals surface area contributed by atoms with Crippen molar-refractivity contribution in [2.45, 2.75) is 11.4 Å². The Kier molecular flexibility index (Phi) is 4.73. The number of halogens is 3. The molecule has 0 saturated heterocycles. The molecule has 0 radical (unpaired) electrons. The van der Waals surface area contributed by atoms with Crippen molar-refractivity contribution in [3.63, 3.8) is 0 Å². The molecule has 3 N–H and O–H groups in total. The Morgan fingerprint density at radius 1 is 1.14 bits per heavy atom. The first-order chi connectivity index (χ1) is 9.86. The molecule has 0 fully saturated rings. The van der Waals surface area contributed by atoms with E-state index in [2.05, 4.69) is 4.72 Å². The van der Waals surface area contributed by atoms with Crippen LogP contribution in [0.25, 0.3) is 0 Å². The fourth-order valence-corrected chi connectivity index (χ4v) is 3.56. The maximum Gasteiger partial charge on any atom is 0.263 e. The van der Waals surface area contributed by atoms with Gasteiger partial charge in [0.05, 0.1) is 15.7 Å². The third-order valence-corrected chi connectivity index (χ3v) is 4.95. The zero-order valence-electron chi connectivity index (χ0n) is 10.6. The van der Waals surface area contributed by atoms with E-state index in [9.17, 15) is 12.8 Å². The van der Waals surface area contributed by atoms with Crippen molar-refractivity contribution < 1.29 is 12.8 Å². The molecule has 0 unspecified atom stereocenters. The van der Waals surface area contributed by atoms with Crippen LogP contribution in [0.3, 0.4) is 0 Å². The molecule has 0 spiro atoms. The topological polar surface area (TPSA) is 72.2 Å². The minimum atomic E-state index is -4.05. The zero-order valence-corrected chi connectivity index (χ0v) is 12.9. The summed E-state index contributed by atoms with van der Waals surface area (Å²) in [7, 11) is -4.05. The maximum absolute atomic E-state index is 13.6. The van der Waals surface area contributed by atoms with E-state index in [0.717, 1.165) is 12.1 Å². The standard InChI is InChI=1S/C13H11Cl2FN2O2S/c14-9-5-6-11(12(15)13(9)16)21(19,20)18-10-4-2-1-3-8(10)7-17/h1-6,18H,7,17H2. The Labute approximate surface area is 131 Å². The van der Waals surface area contributed by atoms with Gasteiger partial charge in [-0.15, -0.1) is 0 Å². The third kappa shape index (κ3) is 3.29. The van der Waals surface area contributed by atoms with Gasteiger partial charge in [-0.05, 0) is 23.8 Å². The van der Waals surface area contributed by atoms with Crippen LogP contribution in [0.1, 0.15) is 5.56 Å². The quantitative estimate of drug-likeness (QED) is 0.831. The second-order valence-corrected chi connectivity index (χ2v) is 6.58. The number of anilines is 1. The first kappa shape index (κ1) is 16.0. The van der Waals surface area contributed by atoms with Gasteiger partial charge in [0.2, 0.25) is 0 Å². The van der Waals surface area contributed by atoms with Crippen LogP contribution < -0.4 is 10.5 Å². The van der Waals surface area contributed by atoms with Crippen molar-refractivity contribution in [3.05, 3.63) is 57.8 Å².